The van der Waals surface area contributed by atoms with Crippen LogP contribution in [-0.2, 0) is 0 Å². The van der Waals surface area contributed by atoms with E-state index in [0.717, 1.165) is 15.9 Å². The minimum absolute atomic E-state index is 1.04. The molecule has 0 aliphatic carbocycles. The lowest BCUT2D eigenvalue weighted by molar-refractivity contribution is 1.19. The van der Waals surface area contributed by atoms with Crippen molar-refractivity contribution in [3.05, 3.63) is 116 Å². The average Bonchev–Trinajstić information content (AvgIpc) is 3.67. The fraction of sp³-hybridized carbons (Fsp3) is 0. The van der Waals surface area contributed by atoms with Gasteiger partial charge >= 0.3 is 0 Å². The van der Waals surface area contributed by atoms with Crippen LogP contribution in [0.4, 0.5) is 0 Å². The summed E-state index contributed by atoms with van der Waals surface area (Å²) in [5, 5.41) is 7.55. The van der Waals surface area contributed by atoms with Gasteiger partial charge in [0.1, 0.15) is 11.2 Å². The Labute approximate surface area is 231 Å². The van der Waals surface area contributed by atoms with Gasteiger partial charge in [0.25, 0.3) is 0 Å². The van der Waals surface area contributed by atoms with Crippen LogP contribution in [0.25, 0.3) is 79.1 Å². The number of fused-ring (bicyclic) bond motifs is 12. The van der Waals surface area contributed by atoms with Crippen LogP contribution in [0, 0.1) is 0 Å². The van der Waals surface area contributed by atoms with Crippen molar-refractivity contribution in [3.63, 3.8) is 0 Å². The van der Waals surface area contributed by atoms with Crippen LogP contribution in [0.1, 0.15) is 0 Å². The smallest absolute Gasteiger partial charge is 0.127 e. The Morgan fingerprint density at radius 3 is 2.15 bits per heavy atom. The van der Waals surface area contributed by atoms with E-state index in [-0.39, 0.29) is 0 Å². The van der Waals surface area contributed by atoms with Crippen molar-refractivity contribution in [2.24, 2.45) is 0 Å². The van der Waals surface area contributed by atoms with E-state index in [1.165, 1.54) is 63.2 Å². The molecule has 0 fully saturated rings. The molecule has 0 unspecified atom stereocenters. The number of hydrogen-bond acceptors (Lipinski definition) is 4. The molecule has 0 bridgehead atoms. The Balaban J connectivity index is 1.51. The number of rotatable bonds is 2. The van der Waals surface area contributed by atoms with Crippen molar-refractivity contribution in [2.75, 3.05) is 0 Å². The van der Waals surface area contributed by atoms with Gasteiger partial charge in [-0.05, 0) is 35.4 Å². The standard InChI is InChI=1S/C34H19N3S2/c1-2-8-20(9-3-1)21-14-16-22(17-15-21)37-26-12-6-4-10-23(26)28-29-25-18-35-19-36-34(25)39-32(29)33-30(31(28)37)24-11-5-7-13-27(24)38-33/h1-19H. The van der Waals surface area contributed by atoms with Gasteiger partial charge in [-0.25, -0.2) is 9.97 Å². The number of aromatic nitrogens is 3. The third-order valence-corrected chi connectivity index (χ3v) is 10.2. The SMILES string of the molecule is c1ccc(-c2ccc(-n3c4ccccc4c4c5c6cncnc6sc5c5sc6ccccc6c5c43)cc2)cc1. The molecule has 3 nitrogen and oxygen atoms in total. The van der Waals surface area contributed by atoms with Gasteiger partial charge in [0.15, 0.2) is 0 Å². The molecule has 9 rings (SSSR count). The Hall–Kier alpha value is -4.58. The van der Waals surface area contributed by atoms with Crippen molar-refractivity contribution in [1.82, 2.24) is 14.5 Å². The summed E-state index contributed by atoms with van der Waals surface area (Å²) in [6, 6.07) is 37.2. The molecule has 0 aliphatic rings. The number of nitrogens with zero attached hydrogens (tertiary/aromatic N) is 3. The third-order valence-electron chi connectivity index (χ3n) is 7.77. The van der Waals surface area contributed by atoms with Crippen molar-refractivity contribution >= 4 is 85.0 Å². The number of hydrogen-bond donors (Lipinski definition) is 0. The maximum absolute atomic E-state index is 4.67. The van der Waals surface area contributed by atoms with Crippen LogP contribution < -0.4 is 0 Å². The van der Waals surface area contributed by atoms with Crippen molar-refractivity contribution < 1.29 is 0 Å². The highest BCUT2D eigenvalue weighted by Crippen LogP contribution is 2.51. The molecule has 0 amide bonds. The predicted octanol–water partition coefficient (Wildman–Crippen LogP) is 9.98. The van der Waals surface area contributed by atoms with Crippen molar-refractivity contribution in [1.29, 1.82) is 0 Å². The lowest BCUT2D eigenvalue weighted by Crippen LogP contribution is -1.94. The van der Waals surface area contributed by atoms with E-state index in [9.17, 15) is 0 Å². The summed E-state index contributed by atoms with van der Waals surface area (Å²) in [6.07, 6.45) is 3.65. The monoisotopic (exact) mass is 533 g/mol. The van der Waals surface area contributed by atoms with Crippen LogP contribution in [0.2, 0.25) is 0 Å². The van der Waals surface area contributed by atoms with E-state index in [4.69, 9.17) is 0 Å². The molecular weight excluding hydrogens is 515 g/mol. The summed E-state index contributed by atoms with van der Waals surface area (Å²) in [7, 11) is 0. The van der Waals surface area contributed by atoms with Gasteiger partial charge in [-0.3, -0.25) is 0 Å². The molecule has 182 valence electrons. The molecule has 39 heavy (non-hydrogen) atoms. The Morgan fingerprint density at radius 2 is 1.28 bits per heavy atom. The van der Waals surface area contributed by atoms with E-state index in [0.29, 0.717) is 0 Å². The fourth-order valence-electron chi connectivity index (χ4n) is 6.12. The van der Waals surface area contributed by atoms with E-state index in [2.05, 4.69) is 118 Å². The first-order chi connectivity index (χ1) is 19.4. The highest BCUT2D eigenvalue weighted by molar-refractivity contribution is 7.33. The molecule has 5 heteroatoms. The Bertz CT molecular complexity index is 2380. The van der Waals surface area contributed by atoms with Crippen LogP contribution in [0.3, 0.4) is 0 Å². The maximum atomic E-state index is 4.67. The van der Waals surface area contributed by atoms with Gasteiger partial charge in [-0.15, -0.1) is 22.7 Å². The topological polar surface area (TPSA) is 30.7 Å². The number of para-hydroxylation sites is 1. The molecular formula is C34H19N3S2. The second kappa shape index (κ2) is 7.96. The van der Waals surface area contributed by atoms with Crippen LogP contribution >= 0.6 is 22.7 Å². The molecule has 4 heterocycles. The zero-order valence-corrected chi connectivity index (χ0v) is 22.3. The summed E-state index contributed by atoms with van der Waals surface area (Å²) in [5.41, 5.74) is 6.07. The summed E-state index contributed by atoms with van der Waals surface area (Å²) < 4.78 is 6.40. The molecule has 4 aromatic heterocycles. The highest BCUT2D eigenvalue weighted by atomic mass is 32.1. The van der Waals surface area contributed by atoms with Gasteiger partial charge in [-0.2, -0.15) is 0 Å². The molecule has 0 aliphatic heterocycles. The van der Waals surface area contributed by atoms with E-state index < -0.39 is 0 Å². The lowest BCUT2D eigenvalue weighted by atomic mass is 10.0. The van der Waals surface area contributed by atoms with Crippen LogP contribution in [-0.4, -0.2) is 14.5 Å². The zero-order chi connectivity index (χ0) is 25.5. The van der Waals surface area contributed by atoms with Gasteiger partial charge in [0.05, 0.1) is 20.4 Å². The first-order valence-corrected chi connectivity index (χ1v) is 14.5. The van der Waals surface area contributed by atoms with E-state index in [1.807, 2.05) is 17.5 Å². The predicted molar refractivity (Wildman–Crippen MR) is 168 cm³/mol. The minimum Gasteiger partial charge on any atom is -0.309 e. The van der Waals surface area contributed by atoms with Crippen LogP contribution in [0.5, 0.6) is 0 Å². The zero-order valence-electron chi connectivity index (χ0n) is 20.6. The molecule has 0 saturated carbocycles. The molecule has 0 N–H and O–H groups in total. The summed E-state index contributed by atoms with van der Waals surface area (Å²) in [4.78, 5) is 10.2. The summed E-state index contributed by atoms with van der Waals surface area (Å²) in [6.45, 7) is 0. The summed E-state index contributed by atoms with van der Waals surface area (Å²) >= 11 is 3.67. The largest absolute Gasteiger partial charge is 0.309 e. The maximum Gasteiger partial charge on any atom is 0.127 e. The first kappa shape index (κ1) is 21.4. The Kier molecular flexibility index (Phi) is 4.36. The quantitative estimate of drug-likeness (QED) is 0.221. The number of thiophene rings is 2. The first-order valence-electron chi connectivity index (χ1n) is 12.9. The average molecular weight is 534 g/mol. The molecule has 5 aromatic carbocycles. The van der Waals surface area contributed by atoms with E-state index >= 15 is 0 Å². The lowest BCUT2D eigenvalue weighted by Gasteiger charge is -2.11. The molecule has 0 spiro atoms. The van der Waals surface area contributed by atoms with Gasteiger partial charge in [-0.1, -0.05) is 78.9 Å². The second-order valence-electron chi connectivity index (χ2n) is 9.84. The number of benzene rings is 5. The van der Waals surface area contributed by atoms with Crippen molar-refractivity contribution in [2.45, 2.75) is 0 Å². The molecule has 0 atom stereocenters. The van der Waals surface area contributed by atoms with Crippen LogP contribution in [0.15, 0.2) is 116 Å². The molecule has 9 aromatic rings. The van der Waals surface area contributed by atoms with Gasteiger partial charge in [0.2, 0.25) is 0 Å². The second-order valence-corrected chi connectivity index (χ2v) is 11.9. The van der Waals surface area contributed by atoms with Gasteiger partial charge in [0, 0.05) is 48.9 Å². The Morgan fingerprint density at radius 1 is 0.564 bits per heavy atom. The minimum atomic E-state index is 1.04. The normalized spacial score (nSPS) is 12.1. The third kappa shape index (κ3) is 2.91. The van der Waals surface area contributed by atoms with Gasteiger partial charge < -0.3 is 4.57 Å². The highest BCUT2D eigenvalue weighted by Gasteiger charge is 2.24. The molecule has 0 saturated heterocycles. The van der Waals surface area contributed by atoms with Crippen molar-refractivity contribution in [3.8, 4) is 16.8 Å². The van der Waals surface area contributed by atoms with E-state index in [1.54, 1.807) is 17.7 Å². The molecule has 0 radical (unpaired) electrons. The summed E-state index contributed by atoms with van der Waals surface area (Å²) in [5.74, 6) is 0. The fourth-order valence-corrected chi connectivity index (χ4v) is 8.59.